The van der Waals surface area contributed by atoms with E-state index in [2.05, 4.69) is 0 Å². The van der Waals surface area contributed by atoms with Crippen LogP contribution in [0.15, 0.2) is 0 Å². The van der Waals surface area contributed by atoms with Crippen molar-refractivity contribution in [3.63, 3.8) is 0 Å². The van der Waals surface area contributed by atoms with Crippen molar-refractivity contribution >= 4 is 23.8 Å². The van der Waals surface area contributed by atoms with Crippen molar-refractivity contribution in [2.24, 2.45) is 5.41 Å². The smallest absolute Gasteiger partial charge is 0.465 e. The monoisotopic (exact) mass is 384 g/mol. The van der Waals surface area contributed by atoms with Crippen LogP contribution in [0.25, 0.3) is 0 Å². The summed E-state index contributed by atoms with van der Waals surface area (Å²) in [6.45, 7) is 5.93. The lowest BCUT2D eigenvalue weighted by molar-refractivity contribution is -0.154. The molecule has 0 aliphatic heterocycles. The zero-order chi connectivity index (χ0) is 18.9. The van der Waals surface area contributed by atoms with Crippen LogP contribution < -0.4 is 0 Å². The Morgan fingerprint density at radius 3 is 1.79 bits per heavy atom. The molecule has 0 saturated heterocycles. The van der Waals surface area contributed by atoms with Gasteiger partial charge in [-0.3, -0.25) is 4.79 Å². The highest BCUT2D eigenvalue weighted by molar-refractivity contribution is 6.72. The van der Waals surface area contributed by atoms with Gasteiger partial charge in [-0.25, -0.2) is 0 Å². The molecule has 0 bridgehead atoms. The van der Waals surface area contributed by atoms with Gasteiger partial charge in [-0.05, 0) is 26.7 Å². The molecule has 0 unspecified atom stereocenters. The molecule has 24 heavy (non-hydrogen) atoms. The largest absolute Gasteiger partial charge is 0.671 e. The molecule has 8 nitrogen and oxygen atoms in total. The molecule has 0 aromatic carbocycles. The van der Waals surface area contributed by atoms with Crippen molar-refractivity contribution in [2.45, 2.75) is 39.7 Å². The number of rotatable bonds is 13. The van der Waals surface area contributed by atoms with Gasteiger partial charge in [0.15, 0.2) is 0 Å². The van der Waals surface area contributed by atoms with E-state index in [1.54, 1.807) is 0 Å². The molecule has 0 aliphatic rings. The molecule has 0 radical (unpaired) electrons. The van der Waals surface area contributed by atoms with Crippen molar-refractivity contribution < 1.29 is 35.8 Å². The van der Waals surface area contributed by atoms with E-state index in [0.717, 1.165) is 0 Å². The van der Waals surface area contributed by atoms with E-state index >= 15 is 0 Å². The lowest BCUT2D eigenvalue weighted by atomic mass is 9.91. The average Bonchev–Trinajstić information content (AvgIpc) is 2.61. The van der Waals surface area contributed by atoms with E-state index in [0.29, 0.717) is 18.9 Å². The van der Waals surface area contributed by atoms with E-state index in [-0.39, 0.29) is 12.6 Å². The molecule has 0 aromatic rings. The maximum Gasteiger partial charge on any atom is 0.671 e. The fraction of sp³-hybridized carbons (Fsp3) is 0.929. The third-order valence-corrected chi connectivity index (χ3v) is 9.90. The molecular weight excluding hydrogens is 352 g/mol. The van der Waals surface area contributed by atoms with Gasteiger partial charge in [-0.1, -0.05) is 6.92 Å². The molecule has 0 saturated carbocycles. The topological polar surface area (TPSA) is 81.7 Å². The molecule has 0 atom stereocenters. The Balaban J connectivity index is 4.71. The summed E-state index contributed by atoms with van der Waals surface area (Å²) in [5, 5.41) is 0. The number of hydrogen-bond donors (Lipinski definition) is 0. The lowest BCUT2D eigenvalue weighted by Gasteiger charge is -2.33. The summed E-state index contributed by atoms with van der Waals surface area (Å²) in [6.07, 6.45) is 1.24. The minimum absolute atomic E-state index is 0.220. The van der Waals surface area contributed by atoms with Crippen LogP contribution >= 0.6 is 0 Å². The number of carbonyl (C=O) groups is 1. The Morgan fingerprint density at radius 2 is 1.42 bits per heavy atom. The minimum atomic E-state index is -3.31. The zero-order valence-electron chi connectivity index (χ0n) is 16.1. The van der Waals surface area contributed by atoms with Gasteiger partial charge in [0.2, 0.25) is 0 Å². The van der Waals surface area contributed by atoms with Gasteiger partial charge in [-0.2, -0.15) is 0 Å². The predicted octanol–water partition coefficient (Wildman–Crippen LogP) is 1.98. The number of ether oxygens (including phenoxy) is 1. The van der Waals surface area contributed by atoms with Crippen molar-refractivity contribution in [3.05, 3.63) is 0 Å². The van der Waals surface area contributed by atoms with Crippen molar-refractivity contribution in [2.75, 3.05) is 42.2 Å². The molecule has 144 valence electrons. The van der Waals surface area contributed by atoms with Crippen LogP contribution in [-0.4, -0.2) is 66.0 Å². The molecule has 0 spiro atoms. The van der Waals surface area contributed by atoms with Crippen LogP contribution in [0.5, 0.6) is 0 Å². The average molecular weight is 385 g/mol. The van der Waals surface area contributed by atoms with E-state index in [9.17, 15) is 4.79 Å². The lowest BCUT2D eigenvalue weighted by Crippen LogP contribution is -2.58. The second-order valence-electron chi connectivity index (χ2n) is 5.78. The fourth-order valence-electron chi connectivity index (χ4n) is 1.78. The second kappa shape index (κ2) is 10.6. The van der Waals surface area contributed by atoms with Crippen LogP contribution in [0.2, 0.25) is 6.04 Å². The summed E-state index contributed by atoms with van der Waals surface area (Å²) in [6, 6.07) is 0.435. The van der Waals surface area contributed by atoms with Gasteiger partial charge in [0.05, 0.1) is 12.0 Å². The molecule has 0 fully saturated rings. The van der Waals surface area contributed by atoms with E-state index in [4.69, 9.17) is 31.0 Å². The maximum atomic E-state index is 12.0. The first-order valence-corrected chi connectivity index (χ1v) is 11.4. The Hall–Kier alpha value is -0.336. The van der Waals surface area contributed by atoms with Crippen LogP contribution in [0.4, 0.5) is 0 Å². The Bertz CT molecular complexity index is 362. The fourth-order valence-corrected chi connectivity index (χ4v) is 7.03. The van der Waals surface area contributed by atoms with Crippen LogP contribution in [0.1, 0.15) is 33.6 Å². The summed E-state index contributed by atoms with van der Waals surface area (Å²) in [5.74, 6) is -0.220. The van der Waals surface area contributed by atoms with E-state index in [1.165, 1.54) is 35.5 Å². The minimum Gasteiger partial charge on any atom is -0.465 e. The first-order valence-electron chi connectivity index (χ1n) is 7.83. The van der Waals surface area contributed by atoms with Crippen molar-refractivity contribution in [1.82, 2.24) is 0 Å². The summed E-state index contributed by atoms with van der Waals surface area (Å²) in [4.78, 5) is 12.0. The molecule has 0 aromatic heterocycles. The quantitative estimate of drug-likeness (QED) is 0.271. The first kappa shape index (κ1) is 23.7. The van der Waals surface area contributed by atoms with Gasteiger partial charge >= 0.3 is 23.8 Å². The highest BCUT2D eigenvalue weighted by Crippen LogP contribution is 2.24. The van der Waals surface area contributed by atoms with E-state index < -0.39 is 23.3 Å². The Morgan fingerprint density at radius 1 is 0.917 bits per heavy atom. The van der Waals surface area contributed by atoms with Gasteiger partial charge in [-0.15, -0.1) is 0 Å². The van der Waals surface area contributed by atoms with E-state index in [1.807, 2.05) is 20.8 Å². The highest BCUT2D eigenvalue weighted by Gasteiger charge is 2.54. The molecule has 0 rings (SSSR count). The third-order valence-electron chi connectivity index (χ3n) is 3.95. The summed E-state index contributed by atoms with van der Waals surface area (Å²) >= 11 is 0. The molecule has 0 heterocycles. The number of esters is 1. The van der Waals surface area contributed by atoms with Gasteiger partial charge in [0.1, 0.15) is 0 Å². The third kappa shape index (κ3) is 6.52. The van der Waals surface area contributed by atoms with Gasteiger partial charge in [0.25, 0.3) is 0 Å². The molecule has 0 N–H and O–H groups in total. The molecule has 0 amide bonds. The van der Waals surface area contributed by atoms with Crippen molar-refractivity contribution in [1.29, 1.82) is 0 Å². The summed E-state index contributed by atoms with van der Waals surface area (Å²) < 4.78 is 38.0. The first-order chi connectivity index (χ1) is 11.2. The zero-order valence-corrected chi connectivity index (χ0v) is 18.1. The molecular formula is C14H32O8Si2. The van der Waals surface area contributed by atoms with Crippen LogP contribution in [0.3, 0.4) is 0 Å². The number of hydrogen-bond acceptors (Lipinski definition) is 8. The van der Waals surface area contributed by atoms with Gasteiger partial charge in [0, 0.05) is 41.6 Å². The number of carbonyl (C=O) groups excluding carboxylic acids is 1. The predicted molar refractivity (Wildman–Crippen MR) is 92.1 cm³/mol. The molecule has 0 aliphatic carbocycles. The maximum absolute atomic E-state index is 12.0. The highest BCUT2D eigenvalue weighted by atomic mass is 28.5. The SMILES string of the molecule is CCC(C)(C)C(=O)OCCC[Si](OC)(OC)O[Si](OC)(OC)OC. The van der Waals surface area contributed by atoms with Gasteiger partial charge < -0.3 is 31.0 Å². The van der Waals surface area contributed by atoms with Crippen LogP contribution in [-0.2, 0) is 35.8 Å². The summed E-state index contributed by atoms with van der Waals surface area (Å²) in [7, 11) is 0.951. The Labute approximate surface area is 147 Å². The Kier molecular flexibility index (Phi) is 10.5. The van der Waals surface area contributed by atoms with Crippen LogP contribution in [0, 0.1) is 5.41 Å². The standard InChI is InChI=1S/C14H32O8Si2/c1-9-14(2,3)13(15)21-11-10-12-23(16-4,17-5)22-24(18-6,19-7)20-8/h9-12H2,1-8H3. The molecule has 10 heteroatoms. The van der Waals surface area contributed by atoms with Crippen molar-refractivity contribution in [3.8, 4) is 0 Å². The second-order valence-corrected chi connectivity index (χ2v) is 11.5. The summed E-state index contributed by atoms with van der Waals surface area (Å²) in [5.41, 5.74) is -0.488. The normalized spacial score (nSPS) is 13.2.